The van der Waals surface area contributed by atoms with E-state index in [9.17, 15) is 4.79 Å². The molecule has 2 nitrogen and oxygen atoms in total. The molecule has 1 aromatic rings. The average Bonchev–Trinajstić information content (AvgIpc) is 3.02. The molecule has 15 heavy (non-hydrogen) atoms. The molecule has 0 unspecified atom stereocenters. The third kappa shape index (κ3) is 3.10. The summed E-state index contributed by atoms with van der Waals surface area (Å²) >= 11 is 7.95. The van der Waals surface area contributed by atoms with Crippen LogP contribution in [0.25, 0.3) is 0 Å². The third-order valence-electron chi connectivity index (χ3n) is 2.14. The molecular weight excluding hydrogens is 230 g/mol. The quantitative estimate of drug-likeness (QED) is 0.595. The topological polar surface area (TPSA) is 29.4 Å². The fourth-order valence-electron chi connectivity index (χ4n) is 1.23. The van der Waals surface area contributed by atoms with Gasteiger partial charge in [-0.25, -0.2) is 9.79 Å². The first-order valence-corrected chi connectivity index (χ1v) is 6.04. The van der Waals surface area contributed by atoms with Gasteiger partial charge >= 0.3 is 0 Å². The number of benzene rings is 1. The average molecular weight is 240 g/mol. The highest BCUT2D eigenvalue weighted by Crippen LogP contribution is 2.41. The standard InChI is InChI=1S/C11H10ClNOS/c12-10-5-8(6-13-7-14)1-4-11(10)15-9-2-3-9/h1,4-5,9H,2-3,6H2. The fourth-order valence-corrected chi connectivity index (χ4v) is 2.61. The molecule has 0 radical (unpaired) electrons. The summed E-state index contributed by atoms with van der Waals surface area (Å²) in [5.74, 6) is 0. The van der Waals surface area contributed by atoms with Crippen molar-refractivity contribution in [2.24, 2.45) is 4.99 Å². The van der Waals surface area contributed by atoms with Gasteiger partial charge in [0.15, 0.2) is 0 Å². The van der Waals surface area contributed by atoms with E-state index < -0.39 is 0 Å². The first-order valence-electron chi connectivity index (χ1n) is 4.78. The molecule has 2 rings (SSSR count). The van der Waals surface area contributed by atoms with E-state index in [0.29, 0.717) is 6.54 Å². The maximum atomic E-state index is 9.96. The molecule has 0 aliphatic heterocycles. The Morgan fingerprint density at radius 3 is 2.93 bits per heavy atom. The van der Waals surface area contributed by atoms with Gasteiger partial charge in [-0.1, -0.05) is 17.7 Å². The van der Waals surface area contributed by atoms with Gasteiger partial charge in [0.1, 0.15) is 0 Å². The summed E-state index contributed by atoms with van der Waals surface area (Å²) in [6, 6.07) is 5.82. The number of hydrogen-bond donors (Lipinski definition) is 0. The lowest BCUT2D eigenvalue weighted by Crippen LogP contribution is -1.84. The summed E-state index contributed by atoms with van der Waals surface area (Å²) in [6.45, 7) is 0.359. The maximum Gasteiger partial charge on any atom is 0.235 e. The molecule has 1 fully saturated rings. The summed E-state index contributed by atoms with van der Waals surface area (Å²) in [5, 5.41) is 1.51. The summed E-state index contributed by atoms with van der Waals surface area (Å²) in [4.78, 5) is 14.6. The van der Waals surface area contributed by atoms with E-state index in [4.69, 9.17) is 11.6 Å². The first kappa shape index (κ1) is 10.7. The number of halogens is 1. The second-order valence-corrected chi connectivity index (χ2v) is 5.24. The van der Waals surface area contributed by atoms with Crippen molar-refractivity contribution in [1.82, 2.24) is 0 Å². The normalized spacial score (nSPS) is 14.7. The van der Waals surface area contributed by atoms with Crippen molar-refractivity contribution in [3.8, 4) is 0 Å². The van der Waals surface area contributed by atoms with Crippen molar-refractivity contribution in [2.45, 2.75) is 29.5 Å². The molecule has 1 saturated carbocycles. The van der Waals surface area contributed by atoms with Crippen LogP contribution >= 0.6 is 23.4 Å². The van der Waals surface area contributed by atoms with Crippen LogP contribution in [0.5, 0.6) is 0 Å². The van der Waals surface area contributed by atoms with Gasteiger partial charge in [-0.2, -0.15) is 0 Å². The monoisotopic (exact) mass is 239 g/mol. The second kappa shape index (κ2) is 4.84. The van der Waals surface area contributed by atoms with Gasteiger partial charge in [0.2, 0.25) is 6.08 Å². The number of carbonyl (C=O) groups excluding carboxylic acids is 1. The molecule has 0 atom stereocenters. The van der Waals surface area contributed by atoms with Crippen LogP contribution in [-0.2, 0) is 11.3 Å². The predicted molar refractivity (Wildman–Crippen MR) is 62.2 cm³/mol. The zero-order valence-corrected chi connectivity index (χ0v) is 9.64. The van der Waals surface area contributed by atoms with Gasteiger partial charge in [-0.15, -0.1) is 11.8 Å². The molecule has 0 bridgehead atoms. The van der Waals surface area contributed by atoms with Gasteiger partial charge in [-0.3, -0.25) is 0 Å². The molecule has 0 saturated heterocycles. The van der Waals surface area contributed by atoms with Gasteiger partial charge < -0.3 is 0 Å². The molecule has 0 heterocycles. The Balaban J connectivity index is 2.10. The number of rotatable bonds is 4. The Morgan fingerprint density at radius 2 is 2.33 bits per heavy atom. The highest BCUT2D eigenvalue weighted by Gasteiger charge is 2.23. The van der Waals surface area contributed by atoms with Crippen molar-refractivity contribution >= 4 is 29.4 Å². The van der Waals surface area contributed by atoms with Crippen molar-refractivity contribution in [3.63, 3.8) is 0 Å². The second-order valence-electron chi connectivity index (χ2n) is 3.49. The van der Waals surface area contributed by atoms with Crippen LogP contribution in [0, 0.1) is 0 Å². The van der Waals surface area contributed by atoms with Crippen molar-refractivity contribution < 1.29 is 4.79 Å². The molecule has 1 aromatic carbocycles. The lowest BCUT2D eigenvalue weighted by atomic mass is 10.2. The Labute approximate surface area is 97.7 Å². The summed E-state index contributed by atoms with van der Waals surface area (Å²) in [5.41, 5.74) is 0.948. The number of aliphatic imine (C=N–C) groups is 1. The largest absolute Gasteiger partial charge is 0.235 e. The molecule has 0 N–H and O–H groups in total. The van der Waals surface area contributed by atoms with Gasteiger partial charge in [-0.05, 0) is 30.5 Å². The SMILES string of the molecule is O=C=NCc1ccc(SC2CC2)c(Cl)c1. The van der Waals surface area contributed by atoms with Crippen molar-refractivity contribution in [1.29, 1.82) is 0 Å². The Kier molecular flexibility index (Phi) is 3.47. The van der Waals surface area contributed by atoms with E-state index >= 15 is 0 Å². The van der Waals surface area contributed by atoms with Gasteiger partial charge in [0.25, 0.3) is 0 Å². The number of thioether (sulfide) groups is 1. The molecular formula is C11H10ClNOS. The first-order chi connectivity index (χ1) is 7.29. The molecule has 78 valence electrons. The van der Waals surface area contributed by atoms with Crippen LogP contribution in [0.2, 0.25) is 5.02 Å². The molecule has 1 aliphatic rings. The number of isocyanates is 1. The van der Waals surface area contributed by atoms with Crippen LogP contribution in [0.3, 0.4) is 0 Å². The van der Waals surface area contributed by atoms with Crippen molar-refractivity contribution in [3.05, 3.63) is 28.8 Å². The minimum atomic E-state index is 0.359. The maximum absolute atomic E-state index is 9.96. The Morgan fingerprint density at radius 1 is 1.53 bits per heavy atom. The van der Waals surface area contributed by atoms with Gasteiger partial charge in [0.05, 0.1) is 11.6 Å². The number of nitrogens with zero attached hydrogens (tertiary/aromatic N) is 1. The van der Waals surface area contributed by atoms with Crippen LogP contribution in [0.4, 0.5) is 0 Å². The van der Waals surface area contributed by atoms with Crippen LogP contribution in [0.15, 0.2) is 28.1 Å². The minimum absolute atomic E-state index is 0.359. The van der Waals surface area contributed by atoms with Crippen LogP contribution in [-0.4, -0.2) is 11.3 Å². The number of hydrogen-bond acceptors (Lipinski definition) is 3. The smallest absolute Gasteiger partial charge is 0.211 e. The van der Waals surface area contributed by atoms with E-state index in [0.717, 1.165) is 20.7 Å². The zero-order valence-electron chi connectivity index (χ0n) is 8.07. The lowest BCUT2D eigenvalue weighted by molar-refractivity contribution is 0.563. The Hall–Kier alpha value is -0.760. The van der Waals surface area contributed by atoms with Crippen molar-refractivity contribution in [2.75, 3.05) is 0 Å². The fraction of sp³-hybridized carbons (Fsp3) is 0.364. The molecule has 4 heteroatoms. The van der Waals surface area contributed by atoms with Crippen LogP contribution < -0.4 is 0 Å². The third-order valence-corrected chi connectivity index (χ3v) is 3.98. The minimum Gasteiger partial charge on any atom is -0.211 e. The van der Waals surface area contributed by atoms with Crippen LogP contribution in [0.1, 0.15) is 18.4 Å². The van der Waals surface area contributed by atoms with E-state index in [1.807, 2.05) is 30.0 Å². The molecule has 0 aromatic heterocycles. The highest BCUT2D eigenvalue weighted by atomic mass is 35.5. The van der Waals surface area contributed by atoms with E-state index in [1.54, 1.807) is 0 Å². The highest BCUT2D eigenvalue weighted by molar-refractivity contribution is 8.00. The predicted octanol–water partition coefficient (Wildman–Crippen LogP) is 3.43. The summed E-state index contributed by atoms with van der Waals surface area (Å²) < 4.78 is 0. The van der Waals surface area contributed by atoms with E-state index in [1.165, 1.54) is 18.9 Å². The Bertz CT molecular complexity index is 411. The summed E-state index contributed by atoms with van der Waals surface area (Å²) in [6.07, 6.45) is 4.10. The molecule has 0 spiro atoms. The molecule has 1 aliphatic carbocycles. The van der Waals surface area contributed by atoms with E-state index in [2.05, 4.69) is 4.99 Å². The summed E-state index contributed by atoms with van der Waals surface area (Å²) in [7, 11) is 0. The van der Waals surface area contributed by atoms with E-state index in [-0.39, 0.29) is 0 Å². The van der Waals surface area contributed by atoms with Gasteiger partial charge in [0, 0.05) is 10.1 Å². The molecule has 0 amide bonds. The zero-order chi connectivity index (χ0) is 10.7. The lowest BCUT2D eigenvalue weighted by Gasteiger charge is -2.04.